The highest BCUT2D eigenvalue weighted by molar-refractivity contribution is 8.26. The quantitative estimate of drug-likeness (QED) is 0.393. The van der Waals surface area contributed by atoms with E-state index >= 15 is 0 Å². The number of amides is 3. The van der Waals surface area contributed by atoms with Crippen molar-refractivity contribution < 1.29 is 24.3 Å². The van der Waals surface area contributed by atoms with Crippen molar-refractivity contribution in [3.8, 4) is 0 Å². The molecule has 28 heavy (non-hydrogen) atoms. The summed E-state index contributed by atoms with van der Waals surface area (Å²) in [6.45, 7) is 1.65. The predicted octanol–water partition coefficient (Wildman–Crippen LogP) is 1.46. The van der Waals surface area contributed by atoms with Gasteiger partial charge in [0.1, 0.15) is 4.32 Å². The van der Waals surface area contributed by atoms with E-state index in [2.05, 4.69) is 0 Å². The minimum atomic E-state index is -1.09. The fourth-order valence-corrected chi connectivity index (χ4v) is 4.59. The number of hydrogen-bond acceptors (Lipinski definition) is 7. The number of benzene rings is 1. The highest BCUT2D eigenvalue weighted by atomic mass is 32.2. The average Bonchev–Trinajstić information content (AvgIpc) is 3.07. The minimum absolute atomic E-state index is 0.0192. The molecule has 1 aromatic carbocycles. The average molecular weight is 417 g/mol. The third kappa shape index (κ3) is 3.72. The van der Waals surface area contributed by atoms with Crippen molar-refractivity contribution in [1.82, 2.24) is 4.90 Å². The van der Waals surface area contributed by atoms with Crippen LogP contribution in [0.25, 0.3) is 5.57 Å². The van der Waals surface area contributed by atoms with E-state index in [1.807, 2.05) is 0 Å². The van der Waals surface area contributed by atoms with Crippen LogP contribution in [-0.4, -0.2) is 39.5 Å². The number of nitrogens with zero attached hydrogens (tertiary/aromatic N) is 2. The van der Waals surface area contributed by atoms with Gasteiger partial charge in [-0.3, -0.25) is 19.3 Å². The maximum absolute atomic E-state index is 12.9. The second kappa shape index (κ2) is 8.24. The number of carbonyl (C=O) groups excluding carboxylic acids is 4. The lowest BCUT2D eigenvalue weighted by molar-refractivity contribution is -0.305. The number of para-hydroxylation sites is 1. The van der Waals surface area contributed by atoms with Gasteiger partial charge in [-0.05, 0) is 25.3 Å². The molecule has 9 heteroatoms. The van der Waals surface area contributed by atoms with E-state index < -0.39 is 17.8 Å². The van der Waals surface area contributed by atoms with Crippen LogP contribution in [0.3, 0.4) is 0 Å². The molecule has 0 aliphatic carbocycles. The Balaban J connectivity index is 1.83. The third-order valence-electron chi connectivity index (χ3n) is 4.48. The minimum Gasteiger partial charge on any atom is -0.550 e. The Morgan fingerprint density at radius 2 is 1.82 bits per heavy atom. The maximum Gasteiger partial charge on any atom is 0.267 e. The molecule has 0 saturated carbocycles. The van der Waals surface area contributed by atoms with Gasteiger partial charge in [0.05, 0.1) is 16.2 Å². The molecule has 1 saturated heterocycles. The zero-order valence-electron chi connectivity index (χ0n) is 15.1. The van der Waals surface area contributed by atoms with E-state index in [0.29, 0.717) is 41.4 Å². The number of rotatable bonds is 6. The van der Waals surface area contributed by atoms with Crippen LogP contribution >= 0.6 is 24.0 Å². The van der Waals surface area contributed by atoms with Gasteiger partial charge in [-0.2, -0.15) is 0 Å². The van der Waals surface area contributed by atoms with Crippen molar-refractivity contribution in [2.24, 2.45) is 0 Å². The topological polar surface area (TPSA) is 97.8 Å². The van der Waals surface area contributed by atoms with Gasteiger partial charge >= 0.3 is 0 Å². The predicted molar refractivity (Wildman–Crippen MR) is 107 cm³/mol. The lowest BCUT2D eigenvalue weighted by Gasteiger charge is -2.14. The molecular formula is C19H17N2O5S2-. The molecule has 0 atom stereocenters. The number of unbranched alkanes of at least 4 members (excludes halogenated alkanes) is 2. The summed E-state index contributed by atoms with van der Waals surface area (Å²) in [5, 5.41) is 10.5. The first-order valence-corrected chi connectivity index (χ1v) is 9.97. The molecule has 0 spiro atoms. The molecule has 3 rings (SSSR count). The number of aliphatic carboxylic acids is 1. The van der Waals surface area contributed by atoms with E-state index in [9.17, 15) is 24.3 Å². The van der Waals surface area contributed by atoms with E-state index in [1.165, 1.54) is 11.8 Å². The Bertz CT molecular complexity index is 925. The highest BCUT2D eigenvalue weighted by Crippen LogP contribution is 2.44. The Morgan fingerprint density at radius 3 is 2.50 bits per heavy atom. The number of carboxylic acid groups (broad SMARTS) is 1. The summed E-state index contributed by atoms with van der Waals surface area (Å²) in [5.74, 6) is -2.40. The molecule has 146 valence electrons. The maximum atomic E-state index is 12.9. The lowest BCUT2D eigenvalue weighted by Crippen LogP contribution is -2.32. The van der Waals surface area contributed by atoms with Crippen LogP contribution in [0, 0.1) is 0 Å². The summed E-state index contributed by atoms with van der Waals surface area (Å²) < 4.78 is 0.346. The molecule has 0 bridgehead atoms. The van der Waals surface area contributed by atoms with E-state index in [0.717, 1.165) is 16.7 Å². The van der Waals surface area contributed by atoms with Crippen LogP contribution < -0.4 is 10.0 Å². The largest absolute Gasteiger partial charge is 0.550 e. The number of anilines is 1. The Hall–Kier alpha value is -2.52. The molecule has 0 unspecified atom stereocenters. The van der Waals surface area contributed by atoms with E-state index in [-0.39, 0.29) is 22.8 Å². The van der Waals surface area contributed by atoms with Crippen molar-refractivity contribution in [3.63, 3.8) is 0 Å². The van der Waals surface area contributed by atoms with Crippen LogP contribution in [-0.2, 0) is 19.2 Å². The molecule has 3 amide bonds. The molecule has 0 radical (unpaired) electrons. The summed E-state index contributed by atoms with van der Waals surface area (Å²) >= 11 is 6.36. The zero-order valence-corrected chi connectivity index (χ0v) is 16.7. The van der Waals surface area contributed by atoms with Crippen molar-refractivity contribution >= 4 is 63.3 Å². The zero-order chi connectivity index (χ0) is 20.4. The van der Waals surface area contributed by atoms with E-state index in [1.54, 1.807) is 24.3 Å². The van der Waals surface area contributed by atoms with Crippen LogP contribution in [0.2, 0.25) is 0 Å². The number of thioether (sulfide) groups is 1. The Morgan fingerprint density at radius 1 is 1.11 bits per heavy atom. The van der Waals surface area contributed by atoms with Crippen LogP contribution in [0.4, 0.5) is 5.69 Å². The molecule has 2 heterocycles. The summed E-state index contributed by atoms with van der Waals surface area (Å²) in [4.78, 5) is 50.9. The first-order chi connectivity index (χ1) is 13.3. The summed E-state index contributed by atoms with van der Waals surface area (Å²) in [7, 11) is 0. The van der Waals surface area contributed by atoms with Crippen LogP contribution in [0.15, 0.2) is 29.2 Å². The van der Waals surface area contributed by atoms with Crippen molar-refractivity contribution in [3.05, 3.63) is 34.7 Å². The smallest absolute Gasteiger partial charge is 0.267 e. The van der Waals surface area contributed by atoms with Crippen molar-refractivity contribution in [2.45, 2.75) is 32.6 Å². The van der Waals surface area contributed by atoms with Crippen LogP contribution in [0.1, 0.15) is 38.2 Å². The normalized spacial score (nSPS) is 18.8. The number of carbonyl (C=O) groups is 4. The molecule has 0 aromatic heterocycles. The molecule has 1 aromatic rings. The first-order valence-electron chi connectivity index (χ1n) is 8.75. The monoisotopic (exact) mass is 417 g/mol. The fraction of sp³-hybridized carbons (Fsp3) is 0.316. The standard InChI is InChI=1S/C19H18N2O5S2/c1-11(22)21-13-8-5-4-7-12(13)15(17(21)25)16-18(26)20(19(27)28-16)10-6-2-3-9-14(23)24/h4-5,7-8H,2-3,6,9-10H2,1H3,(H,23,24)/p-1/b16-15-. The van der Waals surface area contributed by atoms with Gasteiger partial charge in [-0.25, -0.2) is 4.90 Å². The molecule has 2 aliphatic rings. The molecule has 1 fully saturated rings. The Labute approximate surface area is 171 Å². The van der Waals surface area contributed by atoms with Gasteiger partial charge in [0.25, 0.3) is 11.8 Å². The summed E-state index contributed by atoms with van der Waals surface area (Å²) in [6.07, 6.45) is 1.66. The second-order valence-corrected chi connectivity index (χ2v) is 8.03. The van der Waals surface area contributed by atoms with Gasteiger partial charge < -0.3 is 9.90 Å². The van der Waals surface area contributed by atoms with Gasteiger partial charge in [-0.1, -0.05) is 48.6 Å². The second-order valence-electron chi connectivity index (χ2n) is 6.39. The van der Waals surface area contributed by atoms with Gasteiger partial charge in [0.2, 0.25) is 5.91 Å². The van der Waals surface area contributed by atoms with Crippen molar-refractivity contribution in [1.29, 1.82) is 0 Å². The third-order valence-corrected chi connectivity index (χ3v) is 5.93. The molecule has 7 nitrogen and oxygen atoms in total. The highest BCUT2D eigenvalue weighted by Gasteiger charge is 2.42. The molecule has 2 aliphatic heterocycles. The van der Waals surface area contributed by atoms with Crippen LogP contribution in [0.5, 0.6) is 0 Å². The molecular weight excluding hydrogens is 400 g/mol. The number of hydrogen-bond donors (Lipinski definition) is 0. The Kier molecular flexibility index (Phi) is 5.95. The lowest BCUT2D eigenvalue weighted by atomic mass is 10.1. The molecule has 0 N–H and O–H groups in total. The SMILES string of the molecule is CC(=O)N1C(=O)/C(=C2\SC(=S)N(CCCCCC(=O)[O-])C2=O)c2ccccc21. The van der Waals surface area contributed by atoms with Crippen molar-refractivity contribution in [2.75, 3.05) is 11.4 Å². The van der Waals surface area contributed by atoms with Gasteiger partial charge in [0, 0.05) is 25.0 Å². The first kappa shape index (κ1) is 20.2. The summed E-state index contributed by atoms with van der Waals surface area (Å²) in [5.41, 5.74) is 1.20. The summed E-state index contributed by atoms with van der Waals surface area (Å²) in [6, 6.07) is 6.84. The number of carboxylic acids is 1. The fourth-order valence-electron chi connectivity index (χ4n) is 3.21. The number of imide groups is 1. The van der Waals surface area contributed by atoms with E-state index in [4.69, 9.17) is 12.2 Å². The number of fused-ring (bicyclic) bond motifs is 1. The van der Waals surface area contributed by atoms with Gasteiger partial charge in [-0.15, -0.1) is 0 Å². The number of thiocarbonyl (C=S) groups is 1. The van der Waals surface area contributed by atoms with Gasteiger partial charge in [0.15, 0.2) is 0 Å².